The van der Waals surface area contributed by atoms with E-state index < -0.39 is 21.8 Å². The van der Waals surface area contributed by atoms with Crippen molar-refractivity contribution in [2.75, 3.05) is 19.4 Å². The highest BCUT2D eigenvalue weighted by atomic mass is 32.2. The Balaban J connectivity index is 3.77. The lowest BCUT2D eigenvalue weighted by Gasteiger charge is -2.20. The number of rotatable bonds is 6. The number of nitrogens with one attached hydrogen (secondary N) is 1. The van der Waals surface area contributed by atoms with Crippen molar-refractivity contribution in [3.05, 3.63) is 0 Å². The molecule has 1 amide bonds. The summed E-state index contributed by atoms with van der Waals surface area (Å²) in [5.41, 5.74) is -0.521. The predicted molar refractivity (Wildman–Crippen MR) is 68.8 cm³/mol. The summed E-state index contributed by atoms with van der Waals surface area (Å²) in [4.78, 5) is 11.3. The fourth-order valence-corrected chi connectivity index (χ4v) is 1.47. The molecule has 0 aromatic heterocycles. The highest BCUT2D eigenvalue weighted by Gasteiger charge is 2.16. The van der Waals surface area contributed by atoms with Crippen molar-refractivity contribution in [3.8, 4) is 0 Å². The number of carbonyl (C=O) groups excluding carboxylic acids is 1. The number of carbonyl (C=O) groups is 1. The van der Waals surface area contributed by atoms with E-state index in [1.165, 1.54) is 0 Å². The first-order chi connectivity index (χ1) is 7.99. The van der Waals surface area contributed by atoms with Gasteiger partial charge in [-0.3, -0.25) is 4.18 Å². The molecule has 0 aromatic rings. The molecule has 0 aliphatic rings. The van der Waals surface area contributed by atoms with E-state index in [1.54, 1.807) is 20.8 Å². The molecular formula is C11H23NO5S. The van der Waals surface area contributed by atoms with Crippen LogP contribution in [-0.2, 0) is 19.0 Å². The van der Waals surface area contributed by atoms with Gasteiger partial charge in [-0.2, -0.15) is 8.42 Å². The zero-order chi connectivity index (χ0) is 14.4. The van der Waals surface area contributed by atoms with E-state index in [4.69, 9.17) is 4.74 Å². The summed E-state index contributed by atoms with van der Waals surface area (Å²) in [6.45, 7) is 7.79. The molecule has 108 valence electrons. The molecule has 0 aliphatic heterocycles. The third-order valence-corrected chi connectivity index (χ3v) is 2.50. The van der Waals surface area contributed by atoms with Crippen LogP contribution in [-0.4, -0.2) is 39.5 Å². The highest BCUT2D eigenvalue weighted by molar-refractivity contribution is 7.85. The summed E-state index contributed by atoms with van der Waals surface area (Å²) in [5, 5.41) is 2.62. The molecular weight excluding hydrogens is 258 g/mol. The van der Waals surface area contributed by atoms with Crippen molar-refractivity contribution >= 4 is 16.2 Å². The van der Waals surface area contributed by atoms with Gasteiger partial charge in [0.1, 0.15) is 5.60 Å². The van der Waals surface area contributed by atoms with Crippen molar-refractivity contribution in [1.29, 1.82) is 0 Å². The fourth-order valence-electron chi connectivity index (χ4n) is 1.07. The Kier molecular flexibility index (Phi) is 6.62. The van der Waals surface area contributed by atoms with Gasteiger partial charge < -0.3 is 10.1 Å². The van der Waals surface area contributed by atoms with Crippen LogP contribution < -0.4 is 5.32 Å². The minimum atomic E-state index is -3.39. The lowest BCUT2D eigenvalue weighted by molar-refractivity contribution is 0.0518. The summed E-state index contributed by atoms with van der Waals surface area (Å²) in [7, 11) is -3.39. The summed E-state index contributed by atoms with van der Waals surface area (Å²) < 4.78 is 31.1. The normalized spacial score (nSPS) is 14.1. The van der Waals surface area contributed by atoms with Crippen molar-refractivity contribution in [2.24, 2.45) is 5.92 Å². The van der Waals surface area contributed by atoms with Gasteiger partial charge in [0, 0.05) is 6.54 Å². The molecule has 7 heteroatoms. The molecule has 1 atom stereocenters. The fraction of sp³-hybridized carbons (Fsp3) is 0.909. The Labute approximate surface area is 109 Å². The maximum absolute atomic E-state index is 11.3. The third kappa shape index (κ3) is 11.7. The number of hydrogen-bond donors (Lipinski definition) is 1. The Morgan fingerprint density at radius 2 is 1.89 bits per heavy atom. The number of ether oxygens (including phenoxy) is 1. The van der Waals surface area contributed by atoms with Crippen LogP contribution in [0.3, 0.4) is 0 Å². The summed E-state index contributed by atoms with van der Waals surface area (Å²) in [5.74, 6) is 0.110. The quantitative estimate of drug-likeness (QED) is 0.746. The van der Waals surface area contributed by atoms with Crippen molar-refractivity contribution < 1.29 is 22.1 Å². The van der Waals surface area contributed by atoms with Gasteiger partial charge in [-0.1, -0.05) is 6.92 Å². The van der Waals surface area contributed by atoms with Gasteiger partial charge in [-0.15, -0.1) is 0 Å². The maximum Gasteiger partial charge on any atom is 0.407 e. The lowest BCUT2D eigenvalue weighted by atomic mass is 10.1. The first kappa shape index (κ1) is 17.2. The van der Waals surface area contributed by atoms with Crippen LogP contribution >= 0.6 is 0 Å². The van der Waals surface area contributed by atoms with Crippen LogP contribution in [0.2, 0.25) is 0 Å². The SMILES string of the molecule is CC(CCOS(C)(=O)=O)CNC(=O)OC(C)(C)C. The largest absolute Gasteiger partial charge is 0.444 e. The minimum absolute atomic E-state index is 0.110. The molecule has 0 spiro atoms. The summed E-state index contributed by atoms with van der Waals surface area (Å²) >= 11 is 0. The first-order valence-electron chi connectivity index (χ1n) is 5.81. The smallest absolute Gasteiger partial charge is 0.407 e. The van der Waals surface area contributed by atoms with Gasteiger partial charge >= 0.3 is 6.09 Å². The Hall–Kier alpha value is -0.820. The molecule has 0 aliphatic carbocycles. The van der Waals surface area contributed by atoms with E-state index >= 15 is 0 Å². The van der Waals surface area contributed by atoms with Crippen molar-refractivity contribution in [1.82, 2.24) is 5.32 Å². The average molecular weight is 281 g/mol. The molecule has 0 saturated heterocycles. The van der Waals surface area contributed by atoms with Crippen molar-refractivity contribution in [3.63, 3.8) is 0 Å². The van der Waals surface area contributed by atoms with Gasteiger partial charge in [0.15, 0.2) is 0 Å². The van der Waals surface area contributed by atoms with Crippen LogP contribution in [0.25, 0.3) is 0 Å². The second-order valence-electron chi connectivity index (χ2n) is 5.30. The Morgan fingerprint density at radius 1 is 1.33 bits per heavy atom. The molecule has 0 radical (unpaired) electrons. The molecule has 0 rings (SSSR count). The standard InChI is InChI=1S/C11H23NO5S/c1-9(6-7-16-18(5,14)15)8-12-10(13)17-11(2,3)4/h9H,6-8H2,1-5H3,(H,12,13). The van der Waals surface area contributed by atoms with Gasteiger partial charge in [-0.25, -0.2) is 4.79 Å². The highest BCUT2D eigenvalue weighted by Crippen LogP contribution is 2.07. The van der Waals surface area contributed by atoms with Crippen LogP contribution in [0, 0.1) is 5.92 Å². The zero-order valence-electron chi connectivity index (χ0n) is 11.6. The second-order valence-corrected chi connectivity index (χ2v) is 6.95. The van der Waals surface area contributed by atoms with E-state index in [1.807, 2.05) is 6.92 Å². The summed E-state index contributed by atoms with van der Waals surface area (Å²) in [6, 6.07) is 0. The Bertz CT molecular complexity index is 358. The lowest BCUT2D eigenvalue weighted by Crippen LogP contribution is -2.35. The molecule has 0 fully saturated rings. The van der Waals surface area contributed by atoms with Crippen LogP contribution in [0.15, 0.2) is 0 Å². The van der Waals surface area contributed by atoms with E-state index in [-0.39, 0.29) is 12.5 Å². The molecule has 0 bridgehead atoms. The molecule has 0 aromatic carbocycles. The molecule has 18 heavy (non-hydrogen) atoms. The van der Waals surface area contributed by atoms with Gasteiger partial charge in [-0.05, 0) is 33.1 Å². The molecule has 0 saturated carbocycles. The van der Waals surface area contributed by atoms with Gasteiger partial charge in [0.2, 0.25) is 0 Å². The van der Waals surface area contributed by atoms with E-state index in [0.717, 1.165) is 6.26 Å². The molecule has 1 unspecified atom stereocenters. The second kappa shape index (κ2) is 6.94. The van der Waals surface area contributed by atoms with Crippen molar-refractivity contribution in [2.45, 2.75) is 39.7 Å². The molecule has 1 N–H and O–H groups in total. The van der Waals surface area contributed by atoms with E-state index in [2.05, 4.69) is 9.50 Å². The van der Waals surface area contributed by atoms with E-state index in [9.17, 15) is 13.2 Å². The molecule has 6 nitrogen and oxygen atoms in total. The third-order valence-electron chi connectivity index (χ3n) is 1.90. The first-order valence-corrected chi connectivity index (χ1v) is 7.62. The number of amides is 1. The summed E-state index contributed by atoms with van der Waals surface area (Å²) in [6.07, 6.45) is 1.08. The Morgan fingerprint density at radius 3 is 2.33 bits per heavy atom. The van der Waals surface area contributed by atoms with Crippen LogP contribution in [0.4, 0.5) is 4.79 Å². The predicted octanol–water partition coefficient (Wildman–Crippen LogP) is 1.51. The number of hydrogen-bond acceptors (Lipinski definition) is 5. The monoisotopic (exact) mass is 281 g/mol. The van der Waals surface area contributed by atoms with E-state index in [0.29, 0.717) is 13.0 Å². The minimum Gasteiger partial charge on any atom is -0.444 e. The topological polar surface area (TPSA) is 81.7 Å². The number of alkyl carbamates (subject to hydrolysis) is 1. The maximum atomic E-state index is 11.3. The average Bonchev–Trinajstić information content (AvgIpc) is 2.09. The zero-order valence-corrected chi connectivity index (χ0v) is 12.5. The van der Waals surface area contributed by atoms with Gasteiger partial charge in [0.05, 0.1) is 12.9 Å². The molecule has 0 heterocycles. The van der Waals surface area contributed by atoms with Crippen LogP contribution in [0.5, 0.6) is 0 Å². The van der Waals surface area contributed by atoms with Crippen LogP contribution in [0.1, 0.15) is 34.1 Å². The van der Waals surface area contributed by atoms with Gasteiger partial charge in [0.25, 0.3) is 10.1 Å².